The maximum atomic E-state index is 13.1. The Balaban J connectivity index is 1.52. The van der Waals surface area contributed by atoms with Crippen LogP contribution >= 0.6 is 0 Å². The van der Waals surface area contributed by atoms with Crippen LogP contribution in [0.1, 0.15) is 35.6 Å². The van der Waals surface area contributed by atoms with Gasteiger partial charge in [-0.15, -0.1) is 0 Å². The van der Waals surface area contributed by atoms with Crippen LogP contribution in [0.4, 0.5) is 0 Å². The Bertz CT molecular complexity index is 1050. The molecule has 0 saturated carbocycles. The number of methoxy groups -OCH3 is 1. The predicted molar refractivity (Wildman–Crippen MR) is 117 cm³/mol. The molecule has 0 aromatic heterocycles. The molecule has 0 unspecified atom stereocenters. The molecule has 0 radical (unpaired) electrons. The number of fused-ring (bicyclic) bond motifs is 1. The third-order valence-electron chi connectivity index (χ3n) is 5.89. The summed E-state index contributed by atoms with van der Waals surface area (Å²) < 4.78 is 38.3. The lowest BCUT2D eigenvalue weighted by Gasteiger charge is -2.27. The maximum Gasteiger partial charge on any atom is 0.246 e. The van der Waals surface area contributed by atoms with Crippen molar-refractivity contribution in [3.8, 4) is 5.75 Å². The number of benzene rings is 2. The smallest absolute Gasteiger partial charge is 0.246 e. The van der Waals surface area contributed by atoms with Crippen LogP contribution in [0.2, 0.25) is 0 Å². The maximum absolute atomic E-state index is 13.1. The number of amides is 1. The number of morpholine rings is 1. The van der Waals surface area contributed by atoms with Crippen LogP contribution in [0.5, 0.6) is 5.75 Å². The molecule has 1 aliphatic heterocycles. The van der Waals surface area contributed by atoms with Crippen molar-refractivity contribution in [3.63, 3.8) is 0 Å². The Kier molecular flexibility index (Phi) is 6.60. The molecular formula is C23H28N2O5S. The monoisotopic (exact) mass is 444 g/mol. The second-order valence-electron chi connectivity index (χ2n) is 7.89. The standard InChI is InChI=1S/C23H28N2O5S/c1-29-21-10-9-17(15-22(21)31(27,28)25-11-13-30-14-12-25)16-23(26)24-20-8-4-6-18-5-2-3-7-19(18)20/h2-3,5,7,9-10,15,20H,4,6,8,11-14,16H2,1H3,(H,24,26)/t20-/m0/s1. The predicted octanol–water partition coefficient (Wildman–Crippen LogP) is 2.45. The van der Waals surface area contributed by atoms with E-state index in [2.05, 4.69) is 17.4 Å². The molecule has 1 heterocycles. The van der Waals surface area contributed by atoms with Crippen LogP contribution in [0.3, 0.4) is 0 Å². The average molecular weight is 445 g/mol. The fraction of sp³-hybridized carbons (Fsp3) is 0.435. The van der Waals surface area contributed by atoms with Crippen molar-refractivity contribution in [2.24, 2.45) is 0 Å². The van der Waals surface area contributed by atoms with Crippen molar-refractivity contribution < 1.29 is 22.7 Å². The van der Waals surface area contributed by atoms with Gasteiger partial charge in [0.2, 0.25) is 15.9 Å². The van der Waals surface area contributed by atoms with Crippen molar-refractivity contribution in [1.29, 1.82) is 0 Å². The molecule has 1 fully saturated rings. The number of hydrogen-bond donors (Lipinski definition) is 1. The lowest BCUT2D eigenvalue weighted by atomic mass is 9.87. The van der Waals surface area contributed by atoms with Crippen LogP contribution in [0, 0.1) is 0 Å². The van der Waals surface area contributed by atoms with E-state index in [4.69, 9.17) is 9.47 Å². The minimum Gasteiger partial charge on any atom is -0.495 e. The molecule has 31 heavy (non-hydrogen) atoms. The van der Waals surface area contributed by atoms with Crippen LogP contribution in [0.15, 0.2) is 47.4 Å². The molecule has 1 atom stereocenters. The molecule has 1 amide bonds. The summed E-state index contributed by atoms with van der Waals surface area (Å²) >= 11 is 0. The van der Waals surface area contributed by atoms with Crippen molar-refractivity contribution in [3.05, 3.63) is 59.2 Å². The lowest BCUT2D eigenvalue weighted by Crippen LogP contribution is -2.40. The van der Waals surface area contributed by atoms with E-state index in [1.807, 2.05) is 12.1 Å². The molecule has 4 rings (SSSR count). The minimum absolute atomic E-state index is 0.00717. The van der Waals surface area contributed by atoms with Gasteiger partial charge in [-0.2, -0.15) is 4.31 Å². The average Bonchev–Trinajstić information content (AvgIpc) is 2.80. The summed E-state index contributed by atoms with van der Waals surface area (Å²) in [6, 6.07) is 13.1. The summed E-state index contributed by atoms with van der Waals surface area (Å²) in [6.45, 7) is 1.34. The highest BCUT2D eigenvalue weighted by Crippen LogP contribution is 2.31. The third kappa shape index (κ3) is 4.76. The zero-order valence-electron chi connectivity index (χ0n) is 17.7. The zero-order chi connectivity index (χ0) is 21.8. The van der Waals surface area contributed by atoms with Crippen LogP contribution in [-0.2, 0) is 32.4 Å². The molecular weight excluding hydrogens is 416 g/mol. The molecule has 1 saturated heterocycles. The number of carbonyl (C=O) groups is 1. The molecule has 2 aliphatic rings. The van der Waals surface area contributed by atoms with Gasteiger partial charge in [-0.05, 0) is 48.1 Å². The molecule has 8 heteroatoms. The summed E-state index contributed by atoms with van der Waals surface area (Å²) in [7, 11) is -2.29. The van der Waals surface area contributed by atoms with Gasteiger partial charge in [0.1, 0.15) is 10.6 Å². The highest BCUT2D eigenvalue weighted by molar-refractivity contribution is 7.89. The van der Waals surface area contributed by atoms with Gasteiger partial charge in [0.25, 0.3) is 0 Å². The number of sulfonamides is 1. The summed E-state index contributed by atoms with van der Waals surface area (Å²) in [4.78, 5) is 12.9. The Labute approximate surface area is 183 Å². The van der Waals surface area contributed by atoms with Crippen molar-refractivity contribution in [2.75, 3.05) is 33.4 Å². The second-order valence-corrected chi connectivity index (χ2v) is 9.80. The number of aryl methyl sites for hydroxylation is 1. The van der Waals surface area contributed by atoms with E-state index < -0.39 is 10.0 Å². The topological polar surface area (TPSA) is 84.9 Å². The first-order valence-corrected chi connectivity index (χ1v) is 12.0. The van der Waals surface area contributed by atoms with Gasteiger partial charge in [0, 0.05) is 13.1 Å². The third-order valence-corrected chi connectivity index (χ3v) is 7.81. The molecule has 166 valence electrons. The van der Waals surface area contributed by atoms with E-state index in [9.17, 15) is 13.2 Å². The highest BCUT2D eigenvalue weighted by atomic mass is 32.2. The van der Waals surface area contributed by atoms with Gasteiger partial charge < -0.3 is 14.8 Å². The Morgan fingerprint density at radius 2 is 1.97 bits per heavy atom. The quantitative estimate of drug-likeness (QED) is 0.740. The number of ether oxygens (including phenoxy) is 2. The zero-order valence-corrected chi connectivity index (χ0v) is 18.5. The van der Waals surface area contributed by atoms with Gasteiger partial charge in [-0.3, -0.25) is 4.79 Å². The Morgan fingerprint density at radius 1 is 1.19 bits per heavy atom. The number of carbonyl (C=O) groups excluding carboxylic acids is 1. The van der Waals surface area contributed by atoms with Crippen LogP contribution in [-0.4, -0.2) is 52.0 Å². The van der Waals surface area contributed by atoms with Crippen molar-refractivity contribution in [2.45, 2.75) is 36.6 Å². The van der Waals surface area contributed by atoms with E-state index in [1.54, 1.807) is 18.2 Å². The van der Waals surface area contributed by atoms with Crippen LogP contribution in [0.25, 0.3) is 0 Å². The van der Waals surface area contributed by atoms with E-state index in [0.717, 1.165) is 19.3 Å². The van der Waals surface area contributed by atoms with Gasteiger partial charge in [0.15, 0.2) is 0 Å². The van der Waals surface area contributed by atoms with Gasteiger partial charge in [0.05, 0.1) is 32.8 Å². The van der Waals surface area contributed by atoms with Crippen LogP contribution < -0.4 is 10.1 Å². The second kappa shape index (κ2) is 9.38. The first kappa shape index (κ1) is 21.8. The number of nitrogens with one attached hydrogen (secondary N) is 1. The van der Waals surface area contributed by atoms with Crippen molar-refractivity contribution in [1.82, 2.24) is 9.62 Å². The van der Waals surface area contributed by atoms with Gasteiger partial charge in [-0.25, -0.2) is 8.42 Å². The number of hydrogen-bond acceptors (Lipinski definition) is 5. The largest absolute Gasteiger partial charge is 0.495 e. The first-order chi connectivity index (χ1) is 15.0. The van der Waals surface area contributed by atoms with E-state index in [-0.39, 0.29) is 29.0 Å². The van der Waals surface area contributed by atoms with E-state index in [0.29, 0.717) is 31.9 Å². The van der Waals surface area contributed by atoms with Crippen molar-refractivity contribution >= 4 is 15.9 Å². The molecule has 2 aromatic carbocycles. The highest BCUT2D eigenvalue weighted by Gasteiger charge is 2.30. The number of rotatable bonds is 6. The normalized spacial score (nSPS) is 19.5. The Morgan fingerprint density at radius 3 is 2.74 bits per heavy atom. The summed E-state index contributed by atoms with van der Waals surface area (Å²) in [5.74, 6) is 0.151. The summed E-state index contributed by atoms with van der Waals surface area (Å²) in [5, 5.41) is 3.13. The summed E-state index contributed by atoms with van der Waals surface area (Å²) in [5.41, 5.74) is 3.09. The molecule has 2 aromatic rings. The number of nitrogens with zero attached hydrogens (tertiary/aromatic N) is 1. The lowest BCUT2D eigenvalue weighted by molar-refractivity contribution is -0.121. The first-order valence-electron chi connectivity index (χ1n) is 10.6. The fourth-order valence-corrected chi connectivity index (χ4v) is 5.91. The minimum atomic E-state index is -3.73. The Hall–Kier alpha value is -2.42. The SMILES string of the molecule is COc1ccc(CC(=O)N[C@H]2CCCc3ccccc32)cc1S(=O)(=O)N1CCOCC1. The van der Waals surface area contributed by atoms with Gasteiger partial charge in [-0.1, -0.05) is 30.3 Å². The van der Waals surface area contributed by atoms with Gasteiger partial charge >= 0.3 is 0 Å². The molecule has 0 spiro atoms. The molecule has 1 aliphatic carbocycles. The molecule has 1 N–H and O–H groups in total. The fourth-order valence-electron chi connectivity index (χ4n) is 4.29. The van der Waals surface area contributed by atoms with E-state index in [1.165, 1.54) is 22.5 Å². The molecule has 7 nitrogen and oxygen atoms in total. The summed E-state index contributed by atoms with van der Waals surface area (Å²) in [6.07, 6.45) is 3.08. The molecule has 0 bridgehead atoms. The van der Waals surface area contributed by atoms with E-state index >= 15 is 0 Å².